The molecule has 0 aliphatic carbocycles. The van der Waals surface area contributed by atoms with E-state index in [0.29, 0.717) is 5.56 Å². The van der Waals surface area contributed by atoms with Gasteiger partial charge in [-0.1, -0.05) is 12.1 Å². The smallest absolute Gasteiger partial charge is 0.534 e. The van der Waals surface area contributed by atoms with E-state index in [-0.39, 0.29) is 34.3 Å². The van der Waals surface area contributed by atoms with Gasteiger partial charge in [-0.2, -0.15) is 5.10 Å². The van der Waals surface area contributed by atoms with Gasteiger partial charge in [-0.3, -0.25) is 4.79 Å². The number of carboxylic acids is 1. The Balaban J connectivity index is 1.80. The molecule has 0 spiro atoms. The van der Waals surface area contributed by atoms with Gasteiger partial charge in [0.1, 0.15) is 11.4 Å². The molecule has 7 N–H and O–H groups in total. The molecule has 0 bridgehead atoms. The van der Waals surface area contributed by atoms with E-state index < -0.39 is 24.9 Å². The monoisotopic (exact) mass is 375 g/mol. The van der Waals surface area contributed by atoms with Gasteiger partial charge in [0.15, 0.2) is 10.8 Å². The van der Waals surface area contributed by atoms with Crippen molar-refractivity contribution in [2.24, 2.45) is 10.9 Å². The highest BCUT2D eigenvalue weighted by atomic mass is 32.1. The van der Waals surface area contributed by atoms with Gasteiger partial charge in [0.25, 0.3) is 5.91 Å². The van der Waals surface area contributed by atoms with Crippen molar-refractivity contribution < 1.29 is 24.4 Å². The van der Waals surface area contributed by atoms with E-state index in [0.717, 1.165) is 11.3 Å². The Morgan fingerprint density at radius 3 is 2.85 bits per heavy atom. The molecule has 1 aliphatic heterocycles. The quantitative estimate of drug-likeness (QED) is 0.200. The Hall–Kier alpha value is -3.12. The van der Waals surface area contributed by atoms with Crippen molar-refractivity contribution in [3.05, 3.63) is 40.4 Å². The second-order valence-electron chi connectivity index (χ2n) is 5.44. The van der Waals surface area contributed by atoms with Crippen molar-refractivity contribution in [1.82, 2.24) is 10.3 Å². The Bertz CT molecular complexity index is 902. The SMILES string of the molecule is NN=C(C(=O)N[C@H]1Cc2cccc(C(=O)O)c2OB1O)c1csc(N)n1. The largest absolute Gasteiger partial charge is 0.547 e. The number of aromatic nitrogens is 1. The number of amides is 1. The maximum absolute atomic E-state index is 12.4. The average Bonchev–Trinajstić information content (AvgIpc) is 3.01. The van der Waals surface area contributed by atoms with E-state index in [4.69, 9.17) is 16.2 Å². The third-order valence-electron chi connectivity index (χ3n) is 3.77. The van der Waals surface area contributed by atoms with E-state index in [1.165, 1.54) is 11.4 Å². The molecule has 0 saturated carbocycles. The van der Waals surface area contributed by atoms with Gasteiger partial charge < -0.3 is 31.7 Å². The van der Waals surface area contributed by atoms with Crippen LogP contribution in [0, 0.1) is 0 Å². The van der Waals surface area contributed by atoms with Crippen molar-refractivity contribution in [2.75, 3.05) is 5.73 Å². The molecule has 2 heterocycles. The summed E-state index contributed by atoms with van der Waals surface area (Å²) in [5, 5.41) is 27.2. The first-order valence-electron chi connectivity index (χ1n) is 7.40. The van der Waals surface area contributed by atoms with E-state index in [9.17, 15) is 19.7 Å². The molecule has 0 saturated heterocycles. The van der Waals surface area contributed by atoms with Crippen LogP contribution in [-0.2, 0) is 11.2 Å². The highest BCUT2D eigenvalue weighted by Crippen LogP contribution is 2.30. The molecule has 0 unspecified atom stereocenters. The zero-order chi connectivity index (χ0) is 18.8. The van der Waals surface area contributed by atoms with Crippen LogP contribution in [0.15, 0.2) is 28.7 Å². The normalized spacial score (nSPS) is 16.6. The number of carbonyl (C=O) groups excluding carboxylic acids is 1. The summed E-state index contributed by atoms with van der Waals surface area (Å²) in [7, 11) is -1.44. The fourth-order valence-corrected chi connectivity index (χ4v) is 3.14. The second-order valence-corrected chi connectivity index (χ2v) is 6.33. The first-order valence-corrected chi connectivity index (χ1v) is 8.28. The molecule has 1 atom stereocenters. The predicted octanol–water partition coefficient (Wildman–Crippen LogP) is -0.774. The zero-order valence-corrected chi connectivity index (χ0v) is 14.1. The standard InChI is InChI=1S/C14H14BN5O5S/c16-14-18-8(5-26-14)10(20-17)12(21)19-9-4-6-2-1-3-7(13(22)23)11(6)25-15(9)24/h1-3,5,9,24H,4,17H2,(H2,16,18)(H,19,21)(H,22,23)/t9-/m0/s1. The van der Waals surface area contributed by atoms with Crippen LogP contribution in [0.4, 0.5) is 5.13 Å². The van der Waals surface area contributed by atoms with E-state index in [1.807, 2.05) is 0 Å². The number of rotatable bonds is 4. The number of nitrogens with zero attached hydrogens (tertiary/aromatic N) is 2. The summed E-state index contributed by atoms with van der Waals surface area (Å²) in [5.41, 5.74) is 6.10. The maximum Gasteiger partial charge on any atom is 0.547 e. The molecule has 12 heteroatoms. The molecule has 26 heavy (non-hydrogen) atoms. The van der Waals surface area contributed by atoms with Crippen molar-refractivity contribution in [3.63, 3.8) is 0 Å². The average molecular weight is 375 g/mol. The van der Waals surface area contributed by atoms with Gasteiger partial charge in [-0.15, -0.1) is 11.3 Å². The van der Waals surface area contributed by atoms with Gasteiger partial charge in [0, 0.05) is 5.38 Å². The molecule has 1 aromatic carbocycles. The minimum atomic E-state index is -1.44. The van der Waals surface area contributed by atoms with E-state index in [2.05, 4.69) is 15.4 Å². The Morgan fingerprint density at radius 2 is 2.23 bits per heavy atom. The number of nitrogen functional groups attached to an aromatic ring is 1. The molecule has 1 aromatic heterocycles. The fraction of sp³-hybridized carbons (Fsp3) is 0.143. The first-order chi connectivity index (χ1) is 12.4. The third kappa shape index (κ3) is 3.32. The van der Waals surface area contributed by atoms with Crippen molar-refractivity contribution in [1.29, 1.82) is 0 Å². The van der Waals surface area contributed by atoms with Crippen LogP contribution in [0.1, 0.15) is 21.6 Å². The number of fused-ring (bicyclic) bond motifs is 1. The Labute approximate surface area is 151 Å². The lowest BCUT2D eigenvalue weighted by Crippen LogP contribution is -2.54. The highest BCUT2D eigenvalue weighted by Gasteiger charge is 2.38. The number of aromatic carboxylic acids is 1. The minimum absolute atomic E-state index is 0.0616. The van der Waals surface area contributed by atoms with Crippen LogP contribution in [0.5, 0.6) is 5.75 Å². The van der Waals surface area contributed by atoms with Crippen LogP contribution in [0.25, 0.3) is 0 Å². The van der Waals surface area contributed by atoms with Gasteiger partial charge in [-0.05, 0) is 18.1 Å². The number of para-hydroxylation sites is 1. The summed E-state index contributed by atoms with van der Waals surface area (Å²) >= 11 is 1.13. The highest BCUT2D eigenvalue weighted by molar-refractivity contribution is 7.13. The number of benzene rings is 1. The summed E-state index contributed by atoms with van der Waals surface area (Å²) in [6.07, 6.45) is 0.167. The number of thiazole rings is 1. The van der Waals surface area contributed by atoms with Gasteiger partial charge in [0.2, 0.25) is 0 Å². The zero-order valence-electron chi connectivity index (χ0n) is 13.2. The Kier molecular flexibility index (Phi) is 4.78. The molecule has 2 aromatic rings. The topological polar surface area (TPSA) is 173 Å². The molecule has 3 rings (SSSR count). The minimum Gasteiger partial charge on any atom is -0.534 e. The Morgan fingerprint density at radius 1 is 1.46 bits per heavy atom. The van der Waals surface area contributed by atoms with E-state index >= 15 is 0 Å². The lowest BCUT2D eigenvalue weighted by atomic mass is 9.72. The maximum atomic E-state index is 12.4. The number of hydrogen-bond acceptors (Lipinski definition) is 9. The molecule has 1 amide bonds. The number of carbonyl (C=O) groups is 2. The number of nitrogens with one attached hydrogen (secondary N) is 1. The van der Waals surface area contributed by atoms with Crippen LogP contribution in [0.2, 0.25) is 0 Å². The van der Waals surface area contributed by atoms with Crippen molar-refractivity contribution >= 4 is 41.2 Å². The van der Waals surface area contributed by atoms with E-state index in [1.54, 1.807) is 12.1 Å². The van der Waals surface area contributed by atoms with Crippen LogP contribution < -0.4 is 21.5 Å². The molecule has 10 nitrogen and oxygen atoms in total. The molecular formula is C14H14BN5O5S. The number of hydrazone groups is 1. The number of carboxylic acid groups (broad SMARTS) is 1. The lowest BCUT2D eigenvalue weighted by Gasteiger charge is -2.28. The van der Waals surface area contributed by atoms with Crippen LogP contribution >= 0.6 is 11.3 Å². The molecular weight excluding hydrogens is 361 g/mol. The van der Waals surface area contributed by atoms with Crippen LogP contribution in [0.3, 0.4) is 0 Å². The summed E-state index contributed by atoms with van der Waals surface area (Å²) < 4.78 is 5.32. The molecule has 0 fully saturated rings. The number of anilines is 1. The third-order valence-corrected chi connectivity index (χ3v) is 4.45. The van der Waals surface area contributed by atoms with Crippen molar-refractivity contribution in [3.8, 4) is 5.75 Å². The van der Waals surface area contributed by atoms with Gasteiger partial charge in [0.05, 0.1) is 11.5 Å². The summed E-state index contributed by atoms with van der Waals surface area (Å²) in [4.78, 5) is 27.6. The number of hydrogen-bond donors (Lipinski definition) is 5. The van der Waals surface area contributed by atoms with Gasteiger partial charge >= 0.3 is 13.1 Å². The van der Waals surface area contributed by atoms with Crippen LogP contribution in [-0.4, -0.2) is 45.8 Å². The predicted molar refractivity (Wildman–Crippen MR) is 94.9 cm³/mol. The van der Waals surface area contributed by atoms with Gasteiger partial charge in [-0.25, -0.2) is 9.78 Å². The summed E-state index contributed by atoms with van der Waals surface area (Å²) in [6.45, 7) is 0. The fourth-order valence-electron chi connectivity index (χ4n) is 2.59. The molecule has 1 aliphatic rings. The first kappa shape index (κ1) is 17.7. The molecule has 134 valence electrons. The lowest BCUT2D eigenvalue weighted by molar-refractivity contribution is -0.115. The number of nitrogens with two attached hydrogens (primary N) is 2. The molecule has 0 radical (unpaired) electrons. The summed E-state index contributed by atoms with van der Waals surface area (Å²) in [5.74, 6) is 2.70. The summed E-state index contributed by atoms with van der Waals surface area (Å²) in [6, 6.07) is 4.59. The van der Waals surface area contributed by atoms with Crippen molar-refractivity contribution in [2.45, 2.75) is 12.4 Å². The second kappa shape index (κ2) is 7.02.